The maximum Gasteiger partial charge on any atom is 0.408 e. The molecule has 0 bridgehead atoms. The predicted octanol–water partition coefficient (Wildman–Crippen LogP) is 5.06. The fourth-order valence-corrected chi connectivity index (χ4v) is 3.14. The summed E-state index contributed by atoms with van der Waals surface area (Å²) in [4.78, 5) is 24.6. The molecule has 0 saturated heterocycles. The lowest BCUT2D eigenvalue weighted by atomic mass is 9.95. The van der Waals surface area contributed by atoms with Gasteiger partial charge in [-0.05, 0) is 70.9 Å². The number of methoxy groups -OCH3 is 1. The summed E-state index contributed by atoms with van der Waals surface area (Å²) in [5.74, 6) is -1.99. The number of esters is 1. The van der Waals surface area contributed by atoms with E-state index in [2.05, 4.69) is 5.32 Å². The first kappa shape index (κ1) is 27.9. The van der Waals surface area contributed by atoms with Crippen molar-refractivity contribution in [3.8, 4) is 11.5 Å². The van der Waals surface area contributed by atoms with E-state index in [4.69, 9.17) is 18.9 Å². The molecule has 2 aromatic rings. The number of amides is 1. The topological polar surface area (TPSA) is 83.1 Å². The molecule has 0 unspecified atom stereocenters. The Kier molecular flexibility index (Phi) is 9.86. The van der Waals surface area contributed by atoms with Crippen LogP contribution in [0.5, 0.6) is 11.5 Å². The Hall–Kier alpha value is -3.36. The first-order valence-electron chi connectivity index (χ1n) is 11.3. The highest BCUT2D eigenvalue weighted by molar-refractivity contribution is 5.81. The third kappa shape index (κ3) is 9.42. The molecule has 9 heteroatoms. The smallest absolute Gasteiger partial charge is 0.408 e. The molecule has 2 aromatic carbocycles. The molecular weight excluding hydrogens is 460 g/mol. The van der Waals surface area contributed by atoms with Crippen molar-refractivity contribution in [3.63, 3.8) is 0 Å². The van der Waals surface area contributed by atoms with Crippen molar-refractivity contribution in [1.82, 2.24) is 5.32 Å². The molecule has 0 aliphatic carbocycles. The van der Waals surface area contributed by atoms with E-state index in [0.717, 1.165) is 17.7 Å². The SMILES string of the molecule is COc1ccc(C[C@H](COc2ccc(F)cc2F)[C@H](C)OC(=O)[C@H](C)NC(=O)OC(C)(C)C)cc1. The molecule has 1 N–H and O–H groups in total. The summed E-state index contributed by atoms with van der Waals surface area (Å²) in [6, 6.07) is 9.43. The Labute approximate surface area is 204 Å². The molecular formula is C26H33F2NO6. The quantitative estimate of drug-likeness (QED) is 0.466. The minimum absolute atomic E-state index is 0.00307. The van der Waals surface area contributed by atoms with Gasteiger partial charge in [-0.15, -0.1) is 0 Å². The van der Waals surface area contributed by atoms with Crippen LogP contribution in [0.2, 0.25) is 0 Å². The normalized spacial score (nSPS) is 13.8. The first-order valence-corrected chi connectivity index (χ1v) is 11.3. The first-order chi connectivity index (χ1) is 16.4. The van der Waals surface area contributed by atoms with Gasteiger partial charge in [-0.1, -0.05) is 12.1 Å². The Morgan fingerprint density at radius 3 is 2.26 bits per heavy atom. The molecule has 0 fully saturated rings. The van der Waals surface area contributed by atoms with Crippen molar-refractivity contribution < 1.29 is 37.3 Å². The summed E-state index contributed by atoms with van der Waals surface area (Å²) in [5.41, 5.74) is 0.207. The fraction of sp³-hybridized carbons (Fsp3) is 0.462. The Morgan fingerprint density at radius 1 is 1.03 bits per heavy atom. The minimum atomic E-state index is -0.954. The second-order valence-electron chi connectivity index (χ2n) is 9.21. The number of nitrogens with one attached hydrogen (secondary N) is 1. The maximum atomic E-state index is 14.1. The van der Waals surface area contributed by atoms with Crippen molar-refractivity contribution in [2.75, 3.05) is 13.7 Å². The van der Waals surface area contributed by atoms with Crippen molar-refractivity contribution in [3.05, 3.63) is 59.7 Å². The van der Waals surface area contributed by atoms with Crippen molar-refractivity contribution in [2.24, 2.45) is 5.92 Å². The standard InChI is InChI=1S/C26H33F2NO6/c1-16(29-25(31)35-26(3,4)5)24(30)34-17(2)19(13-18-7-10-21(32-6)11-8-18)15-33-23-12-9-20(27)14-22(23)28/h7-12,14,16-17,19H,13,15H2,1-6H3,(H,29,31)/t16-,17-,19+/m0/s1. The monoisotopic (exact) mass is 493 g/mol. The van der Waals surface area contributed by atoms with Gasteiger partial charge in [0.15, 0.2) is 11.6 Å². The van der Waals surface area contributed by atoms with Gasteiger partial charge in [-0.3, -0.25) is 0 Å². The second-order valence-corrected chi connectivity index (χ2v) is 9.21. The minimum Gasteiger partial charge on any atom is -0.497 e. The number of hydrogen-bond donors (Lipinski definition) is 1. The second kappa shape index (κ2) is 12.4. The number of alkyl carbamates (subject to hydrolysis) is 1. The lowest BCUT2D eigenvalue weighted by Crippen LogP contribution is -2.44. The summed E-state index contributed by atoms with van der Waals surface area (Å²) in [5, 5.41) is 2.45. The molecule has 35 heavy (non-hydrogen) atoms. The van der Waals surface area contributed by atoms with Crippen molar-refractivity contribution in [1.29, 1.82) is 0 Å². The number of carbonyl (C=O) groups excluding carboxylic acids is 2. The van der Waals surface area contributed by atoms with Gasteiger partial charge in [0.2, 0.25) is 0 Å². The van der Waals surface area contributed by atoms with Crippen LogP contribution in [0.1, 0.15) is 40.2 Å². The summed E-state index contributed by atoms with van der Waals surface area (Å²) in [6.07, 6.45) is -0.953. The molecule has 0 saturated carbocycles. The zero-order valence-corrected chi connectivity index (χ0v) is 20.9. The summed E-state index contributed by atoms with van der Waals surface area (Å²) < 4.78 is 48.8. The summed E-state index contributed by atoms with van der Waals surface area (Å²) in [6.45, 7) is 8.32. The number of benzene rings is 2. The summed E-state index contributed by atoms with van der Waals surface area (Å²) >= 11 is 0. The van der Waals surface area contributed by atoms with E-state index >= 15 is 0 Å². The number of hydrogen-bond acceptors (Lipinski definition) is 6. The van der Waals surface area contributed by atoms with Crippen LogP contribution in [0.3, 0.4) is 0 Å². The van der Waals surface area contributed by atoms with Gasteiger partial charge in [0.05, 0.1) is 13.7 Å². The Morgan fingerprint density at radius 2 is 1.69 bits per heavy atom. The van der Waals surface area contributed by atoms with Gasteiger partial charge in [0, 0.05) is 12.0 Å². The average Bonchev–Trinajstić information content (AvgIpc) is 2.76. The Balaban J connectivity index is 2.09. The third-order valence-corrected chi connectivity index (χ3v) is 5.06. The number of carbonyl (C=O) groups is 2. The molecule has 0 radical (unpaired) electrons. The molecule has 7 nitrogen and oxygen atoms in total. The van der Waals surface area contributed by atoms with Crippen LogP contribution in [-0.2, 0) is 20.7 Å². The van der Waals surface area contributed by atoms with Gasteiger partial charge in [-0.2, -0.15) is 0 Å². The Bertz CT molecular complexity index is 990. The predicted molar refractivity (Wildman–Crippen MR) is 126 cm³/mol. The van der Waals surface area contributed by atoms with Crippen LogP contribution in [0, 0.1) is 17.6 Å². The molecule has 0 aliphatic rings. The van der Waals surface area contributed by atoms with E-state index in [9.17, 15) is 18.4 Å². The number of ether oxygens (including phenoxy) is 4. The van der Waals surface area contributed by atoms with Gasteiger partial charge in [0.1, 0.15) is 29.3 Å². The zero-order chi connectivity index (χ0) is 26.2. The van der Waals surface area contributed by atoms with Crippen LogP contribution >= 0.6 is 0 Å². The van der Waals surface area contributed by atoms with Gasteiger partial charge in [-0.25, -0.2) is 18.4 Å². The van der Waals surface area contributed by atoms with Crippen LogP contribution in [0.15, 0.2) is 42.5 Å². The fourth-order valence-electron chi connectivity index (χ4n) is 3.14. The third-order valence-electron chi connectivity index (χ3n) is 5.06. The highest BCUT2D eigenvalue weighted by atomic mass is 19.1. The van der Waals surface area contributed by atoms with E-state index in [1.165, 1.54) is 13.0 Å². The van der Waals surface area contributed by atoms with E-state index in [-0.39, 0.29) is 18.3 Å². The van der Waals surface area contributed by atoms with E-state index in [1.807, 2.05) is 12.1 Å². The zero-order valence-electron chi connectivity index (χ0n) is 20.9. The number of halogens is 2. The lowest BCUT2D eigenvalue weighted by molar-refractivity contribution is -0.153. The van der Waals surface area contributed by atoms with Crippen molar-refractivity contribution >= 4 is 12.1 Å². The molecule has 0 heterocycles. The molecule has 192 valence electrons. The number of rotatable bonds is 10. The molecule has 0 spiro atoms. The molecule has 0 aliphatic heterocycles. The van der Waals surface area contributed by atoms with Crippen molar-refractivity contribution in [2.45, 2.75) is 58.8 Å². The van der Waals surface area contributed by atoms with Gasteiger partial charge >= 0.3 is 12.1 Å². The largest absolute Gasteiger partial charge is 0.497 e. The molecule has 2 rings (SSSR count). The summed E-state index contributed by atoms with van der Waals surface area (Å²) in [7, 11) is 1.57. The molecule has 3 atom stereocenters. The molecule has 1 amide bonds. The highest BCUT2D eigenvalue weighted by Gasteiger charge is 2.27. The maximum absolute atomic E-state index is 14.1. The highest BCUT2D eigenvalue weighted by Crippen LogP contribution is 2.23. The van der Waals surface area contributed by atoms with Crippen LogP contribution in [0.25, 0.3) is 0 Å². The lowest BCUT2D eigenvalue weighted by Gasteiger charge is -2.26. The van der Waals surface area contributed by atoms with Crippen LogP contribution < -0.4 is 14.8 Å². The average molecular weight is 494 g/mol. The van der Waals surface area contributed by atoms with Gasteiger partial charge < -0.3 is 24.3 Å². The molecule has 0 aromatic heterocycles. The van der Waals surface area contributed by atoms with Crippen LogP contribution in [-0.4, -0.2) is 43.5 Å². The van der Waals surface area contributed by atoms with Gasteiger partial charge in [0.25, 0.3) is 0 Å². The van der Waals surface area contributed by atoms with E-state index < -0.39 is 41.4 Å². The van der Waals surface area contributed by atoms with E-state index in [0.29, 0.717) is 12.2 Å². The van der Waals surface area contributed by atoms with E-state index in [1.54, 1.807) is 46.9 Å². The van der Waals surface area contributed by atoms with Crippen LogP contribution in [0.4, 0.5) is 13.6 Å².